The SMILES string of the molecule is CC(C)(C)C(CCCl)c1ccc(O)cc1. The van der Waals surface area contributed by atoms with E-state index in [9.17, 15) is 5.11 Å². The molecular weight excluding hydrogens is 208 g/mol. The molecule has 0 aliphatic heterocycles. The van der Waals surface area contributed by atoms with Crippen molar-refractivity contribution in [1.82, 2.24) is 0 Å². The quantitative estimate of drug-likeness (QED) is 0.768. The van der Waals surface area contributed by atoms with Gasteiger partial charge in [0.05, 0.1) is 0 Å². The molecule has 1 rings (SSSR count). The van der Waals surface area contributed by atoms with Gasteiger partial charge in [-0.25, -0.2) is 0 Å². The van der Waals surface area contributed by atoms with Gasteiger partial charge in [-0.15, -0.1) is 11.6 Å². The molecule has 0 aliphatic carbocycles. The van der Waals surface area contributed by atoms with E-state index in [0.717, 1.165) is 6.42 Å². The second kappa shape index (κ2) is 4.89. The number of hydrogen-bond acceptors (Lipinski definition) is 1. The number of aromatic hydroxyl groups is 1. The van der Waals surface area contributed by atoms with Crippen LogP contribution in [0.2, 0.25) is 0 Å². The Labute approximate surface area is 97.1 Å². The highest BCUT2D eigenvalue weighted by Crippen LogP contribution is 2.38. The molecule has 1 unspecified atom stereocenters. The zero-order chi connectivity index (χ0) is 11.5. The highest BCUT2D eigenvalue weighted by atomic mass is 35.5. The molecule has 0 radical (unpaired) electrons. The van der Waals surface area contributed by atoms with Crippen LogP contribution in [0.3, 0.4) is 0 Å². The minimum Gasteiger partial charge on any atom is -0.508 e. The molecule has 1 aromatic carbocycles. The van der Waals surface area contributed by atoms with Gasteiger partial charge in [-0.3, -0.25) is 0 Å². The van der Waals surface area contributed by atoms with Crippen LogP contribution in [0.4, 0.5) is 0 Å². The van der Waals surface area contributed by atoms with E-state index in [2.05, 4.69) is 20.8 Å². The van der Waals surface area contributed by atoms with Crippen molar-refractivity contribution in [2.24, 2.45) is 5.41 Å². The fourth-order valence-electron chi connectivity index (χ4n) is 1.92. The van der Waals surface area contributed by atoms with Gasteiger partial charge < -0.3 is 5.11 Å². The average molecular weight is 227 g/mol. The van der Waals surface area contributed by atoms with Gasteiger partial charge in [0.1, 0.15) is 5.75 Å². The lowest BCUT2D eigenvalue weighted by molar-refractivity contribution is 0.313. The lowest BCUT2D eigenvalue weighted by Gasteiger charge is -2.30. The van der Waals surface area contributed by atoms with Gasteiger partial charge in [0.2, 0.25) is 0 Å². The van der Waals surface area contributed by atoms with Gasteiger partial charge >= 0.3 is 0 Å². The summed E-state index contributed by atoms with van der Waals surface area (Å²) in [7, 11) is 0. The maximum Gasteiger partial charge on any atom is 0.115 e. The van der Waals surface area contributed by atoms with Gasteiger partial charge in [0.25, 0.3) is 0 Å². The van der Waals surface area contributed by atoms with Gasteiger partial charge in [-0.1, -0.05) is 32.9 Å². The second-order valence-electron chi connectivity index (χ2n) is 4.99. The Morgan fingerprint density at radius 1 is 1.20 bits per heavy atom. The number of halogens is 1. The standard InChI is InChI=1S/C13H19ClO/c1-13(2,3)12(8-9-14)10-4-6-11(15)7-5-10/h4-7,12,15H,8-9H2,1-3H3. The zero-order valence-electron chi connectivity index (χ0n) is 9.63. The van der Waals surface area contributed by atoms with Crippen molar-refractivity contribution in [2.45, 2.75) is 33.1 Å². The summed E-state index contributed by atoms with van der Waals surface area (Å²) in [4.78, 5) is 0. The molecule has 0 amide bonds. The monoisotopic (exact) mass is 226 g/mol. The van der Waals surface area contributed by atoms with E-state index in [1.165, 1.54) is 5.56 Å². The van der Waals surface area contributed by atoms with Crippen molar-refractivity contribution in [2.75, 3.05) is 5.88 Å². The number of benzene rings is 1. The van der Waals surface area contributed by atoms with Crippen LogP contribution >= 0.6 is 11.6 Å². The van der Waals surface area contributed by atoms with E-state index >= 15 is 0 Å². The Morgan fingerprint density at radius 3 is 2.13 bits per heavy atom. The van der Waals surface area contributed by atoms with E-state index in [1.807, 2.05) is 12.1 Å². The van der Waals surface area contributed by atoms with Crippen molar-refractivity contribution in [1.29, 1.82) is 0 Å². The van der Waals surface area contributed by atoms with Crippen LogP contribution in [0.25, 0.3) is 0 Å². The topological polar surface area (TPSA) is 20.2 Å². The summed E-state index contributed by atoms with van der Waals surface area (Å²) in [5.74, 6) is 1.43. The molecule has 0 aliphatic rings. The highest BCUT2D eigenvalue weighted by Gasteiger charge is 2.25. The third-order valence-electron chi connectivity index (χ3n) is 2.74. The molecule has 0 spiro atoms. The molecule has 0 fully saturated rings. The number of rotatable bonds is 3. The lowest BCUT2D eigenvalue weighted by Crippen LogP contribution is -2.18. The first-order valence-corrected chi connectivity index (χ1v) is 5.83. The van der Waals surface area contributed by atoms with E-state index in [1.54, 1.807) is 12.1 Å². The number of phenolic OH excluding ortho intramolecular Hbond substituents is 1. The van der Waals surface area contributed by atoms with E-state index in [4.69, 9.17) is 11.6 Å². The molecule has 0 aromatic heterocycles. The Bertz CT molecular complexity index is 297. The second-order valence-corrected chi connectivity index (χ2v) is 5.37. The fourth-order valence-corrected chi connectivity index (χ4v) is 2.13. The first-order valence-electron chi connectivity index (χ1n) is 5.30. The number of alkyl halides is 1. The highest BCUT2D eigenvalue weighted by molar-refractivity contribution is 6.17. The number of phenols is 1. The zero-order valence-corrected chi connectivity index (χ0v) is 10.4. The number of hydrogen-bond donors (Lipinski definition) is 1. The molecule has 0 bridgehead atoms. The molecule has 15 heavy (non-hydrogen) atoms. The van der Waals surface area contributed by atoms with Crippen LogP contribution in [-0.2, 0) is 0 Å². The molecule has 1 atom stereocenters. The van der Waals surface area contributed by atoms with Gasteiger partial charge in [-0.05, 0) is 35.4 Å². The maximum atomic E-state index is 9.25. The van der Waals surface area contributed by atoms with Gasteiger partial charge in [0.15, 0.2) is 0 Å². The lowest BCUT2D eigenvalue weighted by atomic mass is 9.75. The Morgan fingerprint density at radius 2 is 1.73 bits per heavy atom. The van der Waals surface area contributed by atoms with Crippen LogP contribution in [0, 0.1) is 5.41 Å². The summed E-state index contributed by atoms with van der Waals surface area (Å²) >= 11 is 5.83. The van der Waals surface area contributed by atoms with Crippen molar-refractivity contribution < 1.29 is 5.11 Å². The Balaban J connectivity index is 2.94. The molecule has 0 heterocycles. The molecule has 1 N–H and O–H groups in total. The van der Waals surface area contributed by atoms with Crippen molar-refractivity contribution in [3.8, 4) is 5.75 Å². The van der Waals surface area contributed by atoms with E-state index in [-0.39, 0.29) is 5.41 Å². The minimum atomic E-state index is 0.200. The van der Waals surface area contributed by atoms with E-state index < -0.39 is 0 Å². The van der Waals surface area contributed by atoms with Crippen LogP contribution in [0.1, 0.15) is 38.7 Å². The van der Waals surface area contributed by atoms with Crippen molar-refractivity contribution in [3.05, 3.63) is 29.8 Å². The van der Waals surface area contributed by atoms with Gasteiger partial charge in [-0.2, -0.15) is 0 Å². The summed E-state index contributed by atoms with van der Waals surface area (Å²) in [6, 6.07) is 7.44. The van der Waals surface area contributed by atoms with Crippen LogP contribution in [0.5, 0.6) is 5.75 Å². The van der Waals surface area contributed by atoms with Crippen LogP contribution < -0.4 is 0 Å². The predicted octanol–water partition coefficient (Wildman–Crippen LogP) is 4.15. The molecule has 1 aromatic rings. The van der Waals surface area contributed by atoms with Crippen molar-refractivity contribution in [3.63, 3.8) is 0 Å². The Hall–Kier alpha value is -0.690. The Kier molecular flexibility index (Phi) is 4.04. The summed E-state index contributed by atoms with van der Waals surface area (Å²) in [5, 5.41) is 9.25. The third kappa shape index (κ3) is 3.42. The van der Waals surface area contributed by atoms with Crippen molar-refractivity contribution >= 4 is 11.6 Å². The third-order valence-corrected chi connectivity index (χ3v) is 2.96. The average Bonchev–Trinajstić information content (AvgIpc) is 2.14. The first kappa shape index (κ1) is 12.4. The van der Waals surface area contributed by atoms with Crippen LogP contribution in [0.15, 0.2) is 24.3 Å². The summed E-state index contributed by atoms with van der Waals surface area (Å²) < 4.78 is 0. The molecule has 0 saturated heterocycles. The molecule has 1 nitrogen and oxygen atoms in total. The summed E-state index contributed by atoms with van der Waals surface area (Å²) in [6.45, 7) is 6.66. The smallest absolute Gasteiger partial charge is 0.115 e. The summed E-state index contributed by atoms with van der Waals surface area (Å²) in [6.07, 6.45) is 0.968. The fraction of sp³-hybridized carbons (Fsp3) is 0.538. The first-order chi connectivity index (χ1) is 6.95. The normalized spacial score (nSPS) is 13.9. The van der Waals surface area contributed by atoms with E-state index in [0.29, 0.717) is 17.5 Å². The molecule has 0 saturated carbocycles. The largest absolute Gasteiger partial charge is 0.508 e. The molecule has 84 valence electrons. The maximum absolute atomic E-state index is 9.25. The predicted molar refractivity (Wildman–Crippen MR) is 65.6 cm³/mol. The van der Waals surface area contributed by atoms with Gasteiger partial charge in [0, 0.05) is 5.88 Å². The molecular formula is C13H19ClO. The minimum absolute atomic E-state index is 0.200. The summed E-state index contributed by atoms with van der Waals surface area (Å²) in [5.41, 5.74) is 1.45. The van der Waals surface area contributed by atoms with Crippen LogP contribution in [-0.4, -0.2) is 11.0 Å². The molecule has 2 heteroatoms.